The van der Waals surface area contributed by atoms with Gasteiger partial charge < -0.3 is 9.73 Å². The number of furan rings is 1. The van der Waals surface area contributed by atoms with Crippen molar-refractivity contribution in [3.05, 3.63) is 22.6 Å². The highest BCUT2D eigenvalue weighted by Gasteiger charge is 2.29. The van der Waals surface area contributed by atoms with E-state index >= 15 is 0 Å². The van der Waals surface area contributed by atoms with Gasteiger partial charge in [-0.05, 0) is 60.5 Å². The molecule has 0 spiro atoms. The van der Waals surface area contributed by atoms with Gasteiger partial charge in [-0.2, -0.15) is 0 Å². The molecule has 0 bridgehead atoms. The minimum atomic E-state index is -0.0214. The third kappa shape index (κ3) is 3.49. The van der Waals surface area contributed by atoms with Crippen molar-refractivity contribution in [1.82, 2.24) is 10.2 Å². The molecule has 4 nitrogen and oxygen atoms in total. The second-order valence-corrected chi connectivity index (χ2v) is 6.76. The van der Waals surface area contributed by atoms with Crippen molar-refractivity contribution in [3.63, 3.8) is 0 Å². The maximum absolute atomic E-state index is 12.4. The topological polar surface area (TPSA) is 45.5 Å². The Morgan fingerprint density at radius 2 is 1.76 bits per heavy atom. The van der Waals surface area contributed by atoms with E-state index in [0.29, 0.717) is 17.9 Å². The van der Waals surface area contributed by atoms with E-state index in [0.717, 1.165) is 24.4 Å². The number of nitrogens with zero attached hydrogens (tertiary/aromatic N) is 1. The van der Waals surface area contributed by atoms with Gasteiger partial charge in [0.2, 0.25) is 0 Å². The summed E-state index contributed by atoms with van der Waals surface area (Å²) in [7, 11) is 0. The van der Waals surface area contributed by atoms with Crippen molar-refractivity contribution < 1.29 is 9.21 Å². The van der Waals surface area contributed by atoms with Crippen molar-refractivity contribution >= 4 is 5.91 Å². The van der Waals surface area contributed by atoms with E-state index in [1.807, 2.05) is 20.8 Å². The summed E-state index contributed by atoms with van der Waals surface area (Å²) >= 11 is 0. The zero-order chi connectivity index (χ0) is 15.6. The lowest BCUT2D eigenvalue weighted by Crippen LogP contribution is -2.53. The molecule has 1 aliphatic heterocycles. The fourth-order valence-corrected chi connectivity index (χ4v) is 3.12. The number of likely N-dealkylation sites (tertiary alicyclic amines) is 1. The molecule has 1 aromatic rings. The van der Waals surface area contributed by atoms with Crippen molar-refractivity contribution in [2.24, 2.45) is 0 Å². The van der Waals surface area contributed by atoms with Crippen molar-refractivity contribution in [2.45, 2.75) is 59.4 Å². The van der Waals surface area contributed by atoms with Crippen LogP contribution in [0.15, 0.2) is 4.42 Å². The van der Waals surface area contributed by atoms with E-state index in [-0.39, 0.29) is 11.4 Å². The molecule has 2 rings (SSSR count). The Bertz CT molecular complexity index is 511. The Morgan fingerprint density at radius 3 is 2.29 bits per heavy atom. The van der Waals surface area contributed by atoms with Crippen LogP contribution < -0.4 is 5.32 Å². The number of amides is 1. The number of nitrogens with one attached hydrogen (secondary N) is 1. The molecule has 1 aliphatic rings. The Balaban J connectivity index is 1.99. The molecule has 0 radical (unpaired) electrons. The largest absolute Gasteiger partial charge is 0.466 e. The summed E-state index contributed by atoms with van der Waals surface area (Å²) in [5, 5.41) is 3.09. The molecular formula is C17H28N2O2. The van der Waals surface area contributed by atoms with Gasteiger partial charge in [0.15, 0.2) is 0 Å². The molecule has 0 aromatic carbocycles. The van der Waals surface area contributed by atoms with Gasteiger partial charge in [-0.3, -0.25) is 9.69 Å². The zero-order valence-corrected chi connectivity index (χ0v) is 14.0. The van der Waals surface area contributed by atoms with Crippen molar-refractivity contribution in [3.8, 4) is 0 Å². The molecule has 1 saturated heterocycles. The van der Waals surface area contributed by atoms with E-state index in [4.69, 9.17) is 4.42 Å². The lowest BCUT2D eigenvalue weighted by Gasteiger charge is -2.41. The van der Waals surface area contributed by atoms with E-state index < -0.39 is 0 Å². The number of carbonyl (C=O) groups excluding carboxylic acids is 1. The molecule has 0 atom stereocenters. The fraction of sp³-hybridized carbons (Fsp3) is 0.706. The number of rotatable bonds is 4. The summed E-state index contributed by atoms with van der Waals surface area (Å²) in [6.07, 6.45) is 3.85. The first-order valence-electron chi connectivity index (χ1n) is 7.93. The first kappa shape index (κ1) is 16.1. The van der Waals surface area contributed by atoms with Gasteiger partial charge in [0.25, 0.3) is 5.91 Å². The van der Waals surface area contributed by atoms with Crippen LogP contribution in [0.2, 0.25) is 0 Å². The minimum absolute atomic E-state index is 0.00330. The molecule has 1 fully saturated rings. The van der Waals surface area contributed by atoms with Crippen LogP contribution in [0, 0.1) is 20.8 Å². The van der Waals surface area contributed by atoms with Crippen LogP contribution in [0.1, 0.15) is 60.6 Å². The number of carbonyl (C=O) groups is 1. The zero-order valence-electron chi connectivity index (χ0n) is 14.0. The number of hydrogen-bond donors (Lipinski definition) is 1. The van der Waals surface area contributed by atoms with Gasteiger partial charge in [0, 0.05) is 17.6 Å². The highest BCUT2D eigenvalue weighted by atomic mass is 16.3. The van der Waals surface area contributed by atoms with Gasteiger partial charge >= 0.3 is 0 Å². The second kappa shape index (κ2) is 6.22. The monoisotopic (exact) mass is 292 g/mol. The lowest BCUT2D eigenvalue weighted by molar-refractivity contribution is 0.0796. The van der Waals surface area contributed by atoms with Gasteiger partial charge in [0.1, 0.15) is 11.5 Å². The van der Waals surface area contributed by atoms with E-state index in [9.17, 15) is 4.79 Å². The summed E-state index contributed by atoms with van der Waals surface area (Å²) in [5.74, 6) is 1.51. The average molecular weight is 292 g/mol. The Labute approximate surface area is 127 Å². The van der Waals surface area contributed by atoms with Crippen LogP contribution in [0.4, 0.5) is 0 Å². The van der Waals surface area contributed by atoms with Crippen molar-refractivity contribution in [2.75, 3.05) is 19.6 Å². The smallest absolute Gasteiger partial charge is 0.255 e. The van der Waals surface area contributed by atoms with Crippen LogP contribution in [0.5, 0.6) is 0 Å². The molecule has 118 valence electrons. The molecule has 1 aromatic heterocycles. The SMILES string of the molecule is Cc1oc(C)c(C(=O)NCC(C)(C)N2CCCCC2)c1C. The maximum atomic E-state index is 12.4. The summed E-state index contributed by atoms with van der Waals surface area (Å²) in [6.45, 7) is 13.0. The molecular weight excluding hydrogens is 264 g/mol. The van der Waals surface area contributed by atoms with Gasteiger partial charge in [0.05, 0.1) is 5.56 Å². The number of piperidine rings is 1. The van der Waals surface area contributed by atoms with E-state index in [2.05, 4.69) is 24.1 Å². The predicted octanol–water partition coefficient (Wildman–Crippen LogP) is 3.20. The molecule has 0 aliphatic carbocycles. The summed E-state index contributed by atoms with van der Waals surface area (Å²) in [6, 6.07) is 0. The average Bonchev–Trinajstić information content (AvgIpc) is 2.71. The standard InChI is InChI=1S/C17H28N2O2/c1-12-13(2)21-14(3)15(12)16(20)18-11-17(4,5)19-9-7-6-8-10-19/h6-11H2,1-5H3,(H,18,20). The lowest BCUT2D eigenvalue weighted by atomic mass is 9.98. The molecule has 1 amide bonds. The molecule has 4 heteroatoms. The van der Waals surface area contributed by atoms with Gasteiger partial charge in [-0.25, -0.2) is 0 Å². The summed E-state index contributed by atoms with van der Waals surface area (Å²) in [5.41, 5.74) is 1.64. The Kier molecular flexibility index (Phi) is 4.77. The minimum Gasteiger partial charge on any atom is -0.466 e. The van der Waals surface area contributed by atoms with Gasteiger partial charge in [-0.1, -0.05) is 6.42 Å². The van der Waals surface area contributed by atoms with Crippen molar-refractivity contribution in [1.29, 1.82) is 0 Å². The maximum Gasteiger partial charge on any atom is 0.255 e. The van der Waals surface area contributed by atoms with Crippen LogP contribution in [-0.2, 0) is 0 Å². The second-order valence-electron chi connectivity index (χ2n) is 6.76. The number of aryl methyl sites for hydroxylation is 2. The molecule has 21 heavy (non-hydrogen) atoms. The number of hydrogen-bond acceptors (Lipinski definition) is 3. The summed E-state index contributed by atoms with van der Waals surface area (Å²) in [4.78, 5) is 14.9. The molecule has 2 heterocycles. The predicted molar refractivity (Wildman–Crippen MR) is 84.8 cm³/mol. The molecule has 1 N–H and O–H groups in total. The third-order valence-electron chi connectivity index (χ3n) is 4.68. The molecule has 0 unspecified atom stereocenters. The Hall–Kier alpha value is -1.29. The van der Waals surface area contributed by atoms with Crippen LogP contribution in [-0.4, -0.2) is 36.0 Å². The quantitative estimate of drug-likeness (QED) is 0.927. The van der Waals surface area contributed by atoms with Crippen LogP contribution in [0.3, 0.4) is 0 Å². The first-order valence-corrected chi connectivity index (χ1v) is 7.93. The highest BCUT2D eigenvalue weighted by Crippen LogP contribution is 2.22. The van der Waals surface area contributed by atoms with Crippen LogP contribution >= 0.6 is 0 Å². The molecule has 0 saturated carbocycles. The first-order chi connectivity index (χ1) is 9.83. The van der Waals surface area contributed by atoms with E-state index in [1.54, 1.807) is 0 Å². The normalized spacial score (nSPS) is 17.0. The third-order valence-corrected chi connectivity index (χ3v) is 4.68. The van der Waals surface area contributed by atoms with Gasteiger partial charge in [-0.15, -0.1) is 0 Å². The van der Waals surface area contributed by atoms with E-state index in [1.165, 1.54) is 19.3 Å². The fourth-order valence-electron chi connectivity index (χ4n) is 3.12. The Morgan fingerprint density at radius 1 is 1.14 bits per heavy atom. The summed E-state index contributed by atoms with van der Waals surface area (Å²) < 4.78 is 5.54. The highest BCUT2D eigenvalue weighted by molar-refractivity contribution is 5.96. The van der Waals surface area contributed by atoms with Crippen LogP contribution in [0.25, 0.3) is 0 Å².